The molecule has 308 valence electrons. The van der Waals surface area contributed by atoms with Crippen LogP contribution >= 0.6 is 23.5 Å². The zero-order chi connectivity index (χ0) is 41.6. The largest absolute Gasteiger partial charge is 0.480 e. The molecule has 0 radical (unpaired) electrons. The van der Waals surface area contributed by atoms with Crippen LogP contribution in [0.2, 0.25) is 0 Å². The number of rotatable bonds is 20. The third-order valence-electron chi connectivity index (χ3n) is 11.1. The van der Waals surface area contributed by atoms with Crippen molar-refractivity contribution in [1.82, 2.24) is 20.9 Å². The summed E-state index contributed by atoms with van der Waals surface area (Å²) in [5.41, 5.74) is 6.68. The maximum atomic E-state index is 14.9. The molecule has 2 amide bonds. The van der Waals surface area contributed by atoms with E-state index in [1.807, 2.05) is 74.3 Å². The van der Waals surface area contributed by atoms with Gasteiger partial charge in [-0.15, -0.1) is 11.8 Å². The van der Waals surface area contributed by atoms with Gasteiger partial charge in [-0.25, -0.2) is 4.79 Å². The van der Waals surface area contributed by atoms with Crippen LogP contribution in [-0.4, -0.2) is 76.3 Å². The molecule has 0 saturated carbocycles. The summed E-state index contributed by atoms with van der Waals surface area (Å²) in [5.74, 6) is -0.504. The number of aliphatic carboxylic acids is 1. The highest BCUT2D eigenvalue weighted by Gasteiger charge is 2.41. The molecule has 8 nitrogen and oxygen atoms in total. The van der Waals surface area contributed by atoms with Gasteiger partial charge in [-0.1, -0.05) is 159 Å². The molecule has 10 heteroatoms. The minimum Gasteiger partial charge on any atom is -0.480 e. The minimum atomic E-state index is -1.08. The first-order valence-corrected chi connectivity index (χ1v) is 22.8. The molecule has 0 spiro atoms. The average molecular weight is 829 g/mol. The lowest BCUT2D eigenvalue weighted by atomic mass is 9.84. The number of carbonyl (C=O) groups excluding carboxylic acids is 2. The highest BCUT2D eigenvalue weighted by molar-refractivity contribution is 8.00. The molecular weight excluding hydrogens is 773 g/mol. The van der Waals surface area contributed by atoms with Gasteiger partial charge in [0.2, 0.25) is 11.8 Å². The fourth-order valence-electron chi connectivity index (χ4n) is 7.85. The molecule has 59 heavy (non-hydrogen) atoms. The molecule has 6 rings (SSSR count). The number of amides is 2. The minimum absolute atomic E-state index is 0.0706. The maximum absolute atomic E-state index is 14.9. The van der Waals surface area contributed by atoms with Crippen molar-refractivity contribution < 1.29 is 19.5 Å². The molecule has 0 aromatic heterocycles. The quantitative estimate of drug-likeness (QED) is 0.0590. The van der Waals surface area contributed by atoms with Crippen LogP contribution in [0.1, 0.15) is 53.6 Å². The van der Waals surface area contributed by atoms with Crippen molar-refractivity contribution in [3.05, 3.63) is 179 Å². The van der Waals surface area contributed by atoms with E-state index < -0.39 is 34.7 Å². The SMILES string of the molecule is CSCC[C@H](NC(=O)[C@@H]1Cc2ccccc2CN1C(=O)[C@@H](NC[C@H](CSC(c1ccccc1)(c1ccccc1)c1ccccc1)NCc1ccccc1)C(C)C)C(=O)O. The van der Waals surface area contributed by atoms with Gasteiger partial charge in [0.25, 0.3) is 0 Å². The number of carboxylic acids is 1. The molecule has 0 saturated heterocycles. The Hall–Kier alpha value is -4.87. The number of hydrogen-bond acceptors (Lipinski definition) is 7. The second-order valence-corrected chi connectivity index (χ2v) is 17.6. The predicted octanol–water partition coefficient (Wildman–Crippen LogP) is 7.76. The first kappa shape index (κ1) is 43.7. The lowest BCUT2D eigenvalue weighted by Crippen LogP contribution is -2.60. The van der Waals surface area contributed by atoms with Crippen molar-refractivity contribution in [3.8, 4) is 0 Å². The molecule has 0 unspecified atom stereocenters. The molecule has 1 aliphatic heterocycles. The van der Waals surface area contributed by atoms with Gasteiger partial charge in [-0.05, 0) is 57.7 Å². The van der Waals surface area contributed by atoms with Crippen molar-refractivity contribution in [2.24, 2.45) is 5.92 Å². The van der Waals surface area contributed by atoms with Crippen LogP contribution in [0.5, 0.6) is 0 Å². The van der Waals surface area contributed by atoms with Crippen molar-refractivity contribution in [1.29, 1.82) is 0 Å². The zero-order valence-electron chi connectivity index (χ0n) is 34.1. The standard InChI is InChI=1S/C49H56N4O4S2/c1-35(2)45(47(55)53-33-38-21-17-16-20-37(38)30-44(53)46(54)52-43(48(56)57)28-29-58-3)51-32-42(50-31-36-18-8-4-9-19-36)34-59-49(39-22-10-5-11-23-39,40-24-12-6-13-25-40)41-26-14-7-15-27-41/h4-27,35,42-45,50-51H,28-34H2,1-3H3,(H,52,54)(H,56,57)/t42-,43+,44+,45+/m1/s1. The Morgan fingerprint density at radius 1 is 0.746 bits per heavy atom. The smallest absolute Gasteiger partial charge is 0.326 e. The Balaban J connectivity index is 1.29. The lowest BCUT2D eigenvalue weighted by molar-refractivity contribution is -0.146. The van der Waals surface area contributed by atoms with Gasteiger partial charge >= 0.3 is 5.97 Å². The first-order chi connectivity index (χ1) is 28.7. The van der Waals surface area contributed by atoms with Crippen LogP contribution in [0.4, 0.5) is 0 Å². The van der Waals surface area contributed by atoms with E-state index in [0.29, 0.717) is 37.4 Å². The van der Waals surface area contributed by atoms with Crippen molar-refractivity contribution in [3.63, 3.8) is 0 Å². The highest BCUT2D eigenvalue weighted by Crippen LogP contribution is 2.48. The van der Waals surface area contributed by atoms with Crippen LogP contribution in [-0.2, 0) is 38.6 Å². The molecule has 1 heterocycles. The number of carboxylic acid groups (broad SMARTS) is 1. The third-order valence-corrected chi connectivity index (χ3v) is 13.4. The summed E-state index contributed by atoms with van der Waals surface area (Å²) in [7, 11) is 0. The Kier molecular flexibility index (Phi) is 15.9. The summed E-state index contributed by atoms with van der Waals surface area (Å²) in [6, 6.07) is 47.6. The van der Waals surface area contributed by atoms with Crippen LogP contribution in [0.15, 0.2) is 146 Å². The van der Waals surface area contributed by atoms with E-state index in [1.165, 1.54) is 28.5 Å². The van der Waals surface area contributed by atoms with Crippen LogP contribution in [0.3, 0.4) is 0 Å². The predicted molar refractivity (Wildman–Crippen MR) is 242 cm³/mol. The topological polar surface area (TPSA) is 111 Å². The number of fused-ring (bicyclic) bond motifs is 1. The first-order valence-electron chi connectivity index (χ1n) is 20.4. The van der Waals surface area contributed by atoms with Gasteiger partial charge in [0.15, 0.2) is 0 Å². The van der Waals surface area contributed by atoms with Gasteiger partial charge < -0.3 is 26.0 Å². The van der Waals surface area contributed by atoms with Gasteiger partial charge in [-0.2, -0.15) is 11.8 Å². The Morgan fingerprint density at radius 2 is 1.27 bits per heavy atom. The molecule has 0 fully saturated rings. The van der Waals surface area contributed by atoms with E-state index in [4.69, 9.17) is 0 Å². The Morgan fingerprint density at radius 3 is 1.80 bits per heavy atom. The monoisotopic (exact) mass is 828 g/mol. The fraction of sp³-hybridized carbons (Fsp3) is 0.327. The lowest BCUT2D eigenvalue weighted by Gasteiger charge is -2.40. The third kappa shape index (κ3) is 11.0. The van der Waals surface area contributed by atoms with Crippen molar-refractivity contribution in [2.75, 3.05) is 24.3 Å². The molecule has 0 aliphatic carbocycles. The van der Waals surface area contributed by atoms with Crippen molar-refractivity contribution >= 4 is 41.3 Å². The van der Waals surface area contributed by atoms with E-state index in [0.717, 1.165) is 16.7 Å². The number of nitrogens with one attached hydrogen (secondary N) is 3. The Bertz CT molecular complexity index is 1990. The number of carbonyl (C=O) groups is 3. The van der Waals surface area contributed by atoms with Crippen LogP contribution < -0.4 is 16.0 Å². The maximum Gasteiger partial charge on any atom is 0.326 e. The molecule has 5 aromatic rings. The number of nitrogens with zero attached hydrogens (tertiary/aromatic N) is 1. The summed E-state index contributed by atoms with van der Waals surface area (Å²) in [6.07, 6.45) is 2.52. The van der Waals surface area contributed by atoms with Crippen LogP contribution in [0.25, 0.3) is 0 Å². The highest BCUT2D eigenvalue weighted by atomic mass is 32.2. The van der Waals surface area contributed by atoms with Crippen molar-refractivity contribution in [2.45, 2.75) is 68.7 Å². The van der Waals surface area contributed by atoms with Gasteiger partial charge in [0.05, 0.1) is 10.8 Å². The van der Waals surface area contributed by atoms with E-state index in [-0.39, 0.29) is 24.4 Å². The average Bonchev–Trinajstić information content (AvgIpc) is 3.27. The summed E-state index contributed by atoms with van der Waals surface area (Å²) in [6.45, 7) is 5.45. The number of hydrogen-bond donors (Lipinski definition) is 4. The Labute approximate surface area is 358 Å². The zero-order valence-corrected chi connectivity index (χ0v) is 35.8. The molecular formula is C49H56N4O4S2. The van der Waals surface area contributed by atoms with Crippen LogP contribution in [0, 0.1) is 5.92 Å². The molecule has 4 N–H and O–H groups in total. The normalized spacial score (nSPS) is 15.5. The number of benzene rings is 5. The van der Waals surface area contributed by atoms with Gasteiger partial charge in [0.1, 0.15) is 12.1 Å². The van der Waals surface area contributed by atoms with Gasteiger partial charge in [-0.3, -0.25) is 9.59 Å². The molecule has 1 aliphatic rings. The van der Waals surface area contributed by atoms with E-state index in [2.05, 4.69) is 119 Å². The summed E-state index contributed by atoms with van der Waals surface area (Å²) in [5, 5.41) is 20.2. The summed E-state index contributed by atoms with van der Waals surface area (Å²) >= 11 is 3.41. The van der Waals surface area contributed by atoms with E-state index >= 15 is 0 Å². The summed E-state index contributed by atoms with van der Waals surface area (Å²) < 4.78 is -0.519. The van der Waals surface area contributed by atoms with Gasteiger partial charge in [0, 0.05) is 37.8 Å². The second kappa shape index (κ2) is 21.4. The summed E-state index contributed by atoms with van der Waals surface area (Å²) in [4.78, 5) is 42.7. The molecule has 4 atom stereocenters. The fourth-order valence-corrected chi connectivity index (χ4v) is 9.91. The second-order valence-electron chi connectivity index (χ2n) is 15.4. The molecule has 5 aromatic carbocycles. The molecule has 0 bridgehead atoms. The number of thioether (sulfide) groups is 2. The van der Waals surface area contributed by atoms with E-state index in [9.17, 15) is 19.5 Å². The van der Waals surface area contributed by atoms with E-state index in [1.54, 1.807) is 4.90 Å².